The number of benzene rings is 2. The highest BCUT2D eigenvalue weighted by Crippen LogP contribution is 2.24. The number of nitrogens with zero attached hydrogens (tertiary/aromatic N) is 3. The Kier molecular flexibility index (Phi) is 4.15. The minimum absolute atomic E-state index is 0.0638. The van der Waals surface area contributed by atoms with Gasteiger partial charge in [0.15, 0.2) is 11.6 Å². The molecule has 0 aliphatic rings. The van der Waals surface area contributed by atoms with E-state index in [1.54, 1.807) is 37.4 Å². The maximum atomic E-state index is 13.9. The van der Waals surface area contributed by atoms with Crippen molar-refractivity contribution >= 4 is 5.69 Å². The molecule has 0 atom stereocenters. The van der Waals surface area contributed by atoms with Crippen molar-refractivity contribution in [3.05, 3.63) is 64.7 Å². The average Bonchev–Trinajstić information content (AvgIpc) is 2.50. The van der Waals surface area contributed by atoms with Gasteiger partial charge in [-0.15, -0.1) is 0 Å². The zero-order valence-corrected chi connectivity index (χ0v) is 11.3. The first-order valence-electron chi connectivity index (χ1n) is 6.15. The summed E-state index contributed by atoms with van der Waals surface area (Å²) in [6.07, 6.45) is 0. The minimum atomic E-state index is -1.15. The zero-order valence-electron chi connectivity index (χ0n) is 11.3. The number of hydrogen-bond acceptors (Lipinski definition) is 3. The van der Waals surface area contributed by atoms with E-state index in [0.717, 1.165) is 5.56 Å². The molecule has 0 bridgehead atoms. The van der Waals surface area contributed by atoms with Crippen LogP contribution >= 0.6 is 0 Å². The highest BCUT2D eigenvalue weighted by Gasteiger charge is 2.16. The summed E-state index contributed by atoms with van der Waals surface area (Å²) >= 11 is 0. The van der Waals surface area contributed by atoms with Gasteiger partial charge in [0.1, 0.15) is 6.07 Å². The van der Waals surface area contributed by atoms with Crippen molar-refractivity contribution in [2.24, 2.45) is 0 Å². The minimum Gasteiger partial charge on any atom is -0.368 e. The Morgan fingerprint density at radius 3 is 2.48 bits per heavy atom. The van der Waals surface area contributed by atoms with Gasteiger partial charge in [-0.05, 0) is 29.8 Å². The first-order chi connectivity index (χ1) is 10.1. The van der Waals surface area contributed by atoms with E-state index in [2.05, 4.69) is 0 Å². The summed E-state index contributed by atoms with van der Waals surface area (Å²) in [5, 5.41) is 17.5. The van der Waals surface area contributed by atoms with Crippen molar-refractivity contribution in [3.63, 3.8) is 0 Å². The lowest BCUT2D eigenvalue weighted by Gasteiger charge is -2.20. The molecule has 0 spiro atoms. The third-order valence-electron chi connectivity index (χ3n) is 3.07. The highest BCUT2D eigenvalue weighted by molar-refractivity contribution is 5.52. The molecule has 5 heteroatoms. The molecule has 0 saturated carbocycles. The molecule has 0 heterocycles. The molecule has 0 N–H and O–H groups in total. The molecule has 0 fully saturated rings. The molecule has 3 nitrogen and oxygen atoms in total. The summed E-state index contributed by atoms with van der Waals surface area (Å²) < 4.78 is 27.5. The van der Waals surface area contributed by atoms with Crippen molar-refractivity contribution in [2.45, 2.75) is 6.54 Å². The van der Waals surface area contributed by atoms with Gasteiger partial charge in [0.05, 0.1) is 22.9 Å². The summed E-state index contributed by atoms with van der Waals surface area (Å²) in [5.74, 6) is -2.19. The number of halogens is 2. The van der Waals surface area contributed by atoms with Crippen molar-refractivity contribution in [1.82, 2.24) is 0 Å². The molecule has 0 aliphatic carbocycles. The van der Waals surface area contributed by atoms with E-state index in [4.69, 9.17) is 10.5 Å². The second-order valence-corrected chi connectivity index (χ2v) is 4.54. The Labute approximate surface area is 121 Å². The monoisotopic (exact) mass is 283 g/mol. The van der Waals surface area contributed by atoms with Crippen LogP contribution in [0.15, 0.2) is 36.4 Å². The molecule has 2 aromatic rings. The Balaban J connectivity index is 2.29. The van der Waals surface area contributed by atoms with E-state index in [1.807, 2.05) is 6.07 Å². The van der Waals surface area contributed by atoms with Crippen LogP contribution in [0.25, 0.3) is 0 Å². The lowest BCUT2D eigenvalue weighted by Crippen LogP contribution is -2.18. The molecule has 0 aliphatic heterocycles. The SMILES string of the molecule is CN(Cc1cccc(C#N)c1)c1ccc(C#N)c(F)c1F. The van der Waals surface area contributed by atoms with Gasteiger partial charge in [-0.3, -0.25) is 0 Å². The Hall–Kier alpha value is -2.92. The van der Waals surface area contributed by atoms with Gasteiger partial charge in [-0.2, -0.15) is 10.5 Å². The molecule has 0 unspecified atom stereocenters. The Morgan fingerprint density at radius 2 is 1.81 bits per heavy atom. The Morgan fingerprint density at radius 1 is 1.05 bits per heavy atom. The van der Waals surface area contributed by atoms with Gasteiger partial charge in [-0.25, -0.2) is 8.78 Å². The molecule has 0 radical (unpaired) electrons. The largest absolute Gasteiger partial charge is 0.368 e. The molecule has 0 amide bonds. The predicted octanol–water partition coefficient (Wildman–Crippen LogP) is 3.34. The third-order valence-corrected chi connectivity index (χ3v) is 3.07. The molecule has 21 heavy (non-hydrogen) atoms. The fraction of sp³-hybridized carbons (Fsp3) is 0.125. The molecular formula is C16H11F2N3. The molecule has 2 aromatic carbocycles. The first kappa shape index (κ1) is 14.5. The van der Waals surface area contributed by atoms with Gasteiger partial charge >= 0.3 is 0 Å². The second-order valence-electron chi connectivity index (χ2n) is 4.54. The first-order valence-corrected chi connectivity index (χ1v) is 6.15. The van der Waals surface area contributed by atoms with Crippen molar-refractivity contribution < 1.29 is 8.78 Å². The molecule has 2 rings (SSSR count). The van der Waals surface area contributed by atoms with E-state index >= 15 is 0 Å². The topological polar surface area (TPSA) is 50.8 Å². The summed E-state index contributed by atoms with van der Waals surface area (Å²) in [5.41, 5.74) is 1.05. The highest BCUT2D eigenvalue weighted by atomic mass is 19.2. The Bertz CT molecular complexity index is 757. The fourth-order valence-corrected chi connectivity index (χ4v) is 2.02. The van der Waals surface area contributed by atoms with Gasteiger partial charge in [0.2, 0.25) is 0 Å². The summed E-state index contributed by atoms with van der Waals surface area (Å²) in [6, 6.07) is 13.1. The second kappa shape index (κ2) is 6.02. The molecule has 104 valence electrons. The van der Waals surface area contributed by atoms with Crippen molar-refractivity contribution in [3.8, 4) is 12.1 Å². The van der Waals surface area contributed by atoms with Gasteiger partial charge < -0.3 is 4.90 Å². The number of hydrogen-bond donors (Lipinski definition) is 0. The zero-order chi connectivity index (χ0) is 15.4. The van der Waals surface area contributed by atoms with Crippen molar-refractivity contribution in [2.75, 3.05) is 11.9 Å². The maximum Gasteiger partial charge on any atom is 0.183 e. The maximum absolute atomic E-state index is 13.9. The average molecular weight is 283 g/mol. The third kappa shape index (κ3) is 2.98. The standard InChI is InChI=1S/C16H11F2N3/c1-21(10-12-4-2-3-11(7-12)8-19)14-6-5-13(9-20)15(17)16(14)18/h2-7H,10H2,1H3. The predicted molar refractivity (Wildman–Crippen MR) is 74.3 cm³/mol. The van der Waals surface area contributed by atoms with Crippen LogP contribution in [0.5, 0.6) is 0 Å². The summed E-state index contributed by atoms with van der Waals surface area (Å²) in [7, 11) is 1.61. The molecule has 0 aromatic heterocycles. The van der Waals surface area contributed by atoms with E-state index in [0.29, 0.717) is 12.1 Å². The van der Waals surface area contributed by atoms with Gasteiger partial charge in [-0.1, -0.05) is 12.1 Å². The van der Waals surface area contributed by atoms with Gasteiger partial charge in [0, 0.05) is 13.6 Å². The molecule has 0 saturated heterocycles. The van der Waals surface area contributed by atoms with Crippen molar-refractivity contribution in [1.29, 1.82) is 10.5 Å². The lowest BCUT2D eigenvalue weighted by molar-refractivity contribution is 0.505. The normalized spacial score (nSPS) is 9.76. The van der Waals surface area contributed by atoms with Crippen LogP contribution in [0.1, 0.15) is 16.7 Å². The number of nitriles is 2. The lowest BCUT2D eigenvalue weighted by atomic mass is 10.1. The van der Waals surface area contributed by atoms with Crippen LogP contribution in [0.4, 0.5) is 14.5 Å². The smallest absolute Gasteiger partial charge is 0.183 e. The van der Waals surface area contributed by atoms with Crippen LogP contribution < -0.4 is 4.90 Å². The van der Waals surface area contributed by atoms with Crippen LogP contribution in [0.2, 0.25) is 0 Å². The van der Waals surface area contributed by atoms with E-state index in [-0.39, 0.29) is 11.3 Å². The van der Waals surface area contributed by atoms with Crippen LogP contribution in [0.3, 0.4) is 0 Å². The van der Waals surface area contributed by atoms with E-state index in [1.165, 1.54) is 17.0 Å². The van der Waals surface area contributed by atoms with E-state index < -0.39 is 11.6 Å². The van der Waals surface area contributed by atoms with Crippen LogP contribution in [0, 0.1) is 34.3 Å². The fourth-order valence-electron chi connectivity index (χ4n) is 2.02. The quantitative estimate of drug-likeness (QED) is 0.868. The summed E-state index contributed by atoms with van der Waals surface area (Å²) in [6.45, 7) is 0.317. The number of anilines is 1. The van der Waals surface area contributed by atoms with Gasteiger partial charge in [0.25, 0.3) is 0 Å². The summed E-state index contributed by atoms with van der Waals surface area (Å²) in [4.78, 5) is 1.52. The van der Waals surface area contributed by atoms with Crippen LogP contribution in [-0.2, 0) is 6.54 Å². The number of rotatable bonds is 3. The molecular weight excluding hydrogens is 272 g/mol. The van der Waals surface area contributed by atoms with E-state index in [9.17, 15) is 8.78 Å². The van der Waals surface area contributed by atoms with Crippen LogP contribution in [-0.4, -0.2) is 7.05 Å².